The topological polar surface area (TPSA) is 60.5 Å². The van der Waals surface area contributed by atoms with Crippen LogP contribution in [0.2, 0.25) is 0 Å². The van der Waals surface area contributed by atoms with Crippen molar-refractivity contribution in [1.82, 2.24) is 20.5 Å². The number of piperidine rings is 1. The SMILES string of the molecule is CC1CNCCC1NC(=O)CN1CCN(c2ccccn2)CC1. The lowest BCUT2D eigenvalue weighted by molar-refractivity contribution is -0.123. The largest absolute Gasteiger partial charge is 0.354 e. The predicted octanol–water partition coefficient (Wildman–Crippen LogP) is 0.318. The molecule has 0 radical (unpaired) electrons. The number of hydrogen-bond donors (Lipinski definition) is 2. The van der Waals surface area contributed by atoms with Crippen LogP contribution in [-0.4, -0.2) is 67.6 Å². The van der Waals surface area contributed by atoms with Crippen molar-refractivity contribution in [2.45, 2.75) is 19.4 Å². The quantitative estimate of drug-likeness (QED) is 0.837. The van der Waals surface area contributed by atoms with Crippen LogP contribution in [0.5, 0.6) is 0 Å². The number of pyridine rings is 1. The number of piperazine rings is 1. The Kier molecular flexibility index (Phi) is 5.46. The van der Waals surface area contributed by atoms with Crippen molar-refractivity contribution >= 4 is 11.7 Å². The average Bonchev–Trinajstić information content (AvgIpc) is 2.58. The van der Waals surface area contributed by atoms with Gasteiger partial charge in [-0.2, -0.15) is 0 Å². The summed E-state index contributed by atoms with van der Waals surface area (Å²) < 4.78 is 0. The molecule has 6 heteroatoms. The van der Waals surface area contributed by atoms with E-state index in [-0.39, 0.29) is 5.91 Å². The van der Waals surface area contributed by atoms with Gasteiger partial charge in [0, 0.05) is 38.4 Å². The van der Waals surface area contributed by atoms with E-state index in [1.807, 2.05) is 24.4 Å². The Hall–Kier alpha value is -1.66. The molecular formula is C17H27N5O. The van der Waals surface area contributed by atoms with Crippen LogP contribution in [0.15, 0.2) is 24.4 Å². The summed E-state index contributed by atoms with van der Waals surface area (Å²) >= 11 is 0. The van der Waals surface area contributed by atoms with Gasteiger partial charge in [-0.3, -0.25) is 9.69 Å². The van der Waals surface area contributed by atoms with Crippen LogP contribution in [0.25, 0.3) is 0 Å². The van der Waals surface area contributed by atoms with Gasteiger partial charge in [0.15, 0.2) is 0 Å². The maximum atomic E-state index is 12.3. The second-order valence-electron chi connectivity index (χ2n) is 6.60. The second kappa shape index (κ2) is 7.75. The van der Waals surface area contributed by atoms with Crippen LogP contribution >= 0.6 is 0 Å². The summed E-state index contributed by atoms with van der Waals surface area (Å²) in [5.74, 6) is 1.70. The maximum absolute atomic E-state index is 12.3. The Morgan fingerprint density at radius 3 is 2.87 bits per heavy atom. The normalized spacial score (nSPS) is 26.0. The lowest BCUT2D eigenvalue weighted by atomic mass is 9.95. The molecule has 1 amide bonds. The molecule has 2 fully saturated rings. The molecule has 126 valence electrons. The zero-order valence-corrected chi connectivity index (χ0v) is 13.9. The van der Waals surface area contributed by atoms with E-state index >= 15 is 0 Å². The maximum Gasteiger partial charge on any atom is 0.234 e. The fraction of sp³-hybridized carbons (Fsp3) is 0.647. The summed E-state index contributed by atoms with van der Waals surface area (Å²) in [5, 5.41) is 6.58. The molecule has 2 N–H and O–H groups in total. The molecule has 0 aromatic carbocycles. The number of aromatic nitrogens is 1. The highest BCUT2D eigenvalue weighted by molar-refractivity contribution is 5.78. The van der Waals surface area contributed by atoms with Gasteiger partial charge in [-0.15, -0.1) is 0 Å². The fourth-order valence-electron chi connectivity index (χ4n) is 3.36. The van der Waals surface area contributed by atoms with Gasteiger partial charge in [-0.05, 0) is 37.6 Å². The summed E-state index contributed by atoms with van der Waals surface area (Å²) in [5.41, 5.74) is 0. The summed E-state index contributed by atoms with van der Waals surface area (Å²) in [4.78, 5) is 21.2. The third-order valence-electron chi connectivity index (χ3n) is 4.84. The molecule has 23 heavy (non-hydrogen) atoms. The minimum absolute atomic E-state index is 0.162. The highest BCUT2D eigenvalue weighted by atomic mass is 16.2. The zero-order chi connectivity index (χ0) is 16.1. The third kappa shape index (κ3) is 4.42. The summed E-state index contributed by atoms with van der Waals surface area (Å²) in [6.45, 7) is 8.36. The van der Waals surface area contributed by atoms with E-state index in [4.69, 9.17) is 0 Å². The molecule has 2 saturated heterocycles. The Morgan fingerprint density at radius 1 is 1.35 bits per heavy atom. The van der Waals surface area contributed by atoms with Crippen LogP contribution in [0.3, 0.4) is 0 Å². The van der Waals surface area contributed by atoms with Crippen molar-refractivity contribution < 1.29 is 4.79 Å². The number of anilines is 1. The van der Waals surface area contributed by atoms with Gasteiger partial charge in [0.2, 0.25) is 5.91 Å². The molecule has 0 aliphatic carbocycles. The van der Waals surface area contributed by atoms with E-state index in [0.29, 0.717) is 18.5 Å². The van der Waals surface area contributed by atoms with Crippen molar-refractivity contribution in [1.29, 1.82) is 0 Å². The first-order valence-electron chi connectivity index (χ1n) is 8.61. The number of carbonyl (C=O) groups excluding carboxylic acids is 1. The second-order valence-corrected chi connectivity index (χ2v) is 6.60. The van der Waals surface area contributed by atoms with Gasteiger partial charge in [0.1, 0.15) is 5.82 Å². The van der Waals surface area contributed by atoms with Gasteiger partial charge in [0.05, 0.1) is 6.54 Å². The highest BCUT2D eigenvalue weighted by Gasteiger charge is 2.24. The van der Waals surface area contributed by atoms with Crippen LogP contribution < -0.4 is 15.5 Å². The molecule has 1 aromatic heterocycles. The number of carbonyl (C=O) groups is 1. The van der Waals surface area contributed by atoms with Crippen molar-refractivity contribution in [2.24, 2.45) is 5.92 Å². The average molecular weight is 317 g/mol. The molecule has 2 aliphatic heterocycles. The summed E-state index contributed by atoms with van der Waals surface area (Å²) in [6.07, 6.45) is 2.86. The molecule has 6 nitrogen and oxygen atoms in total. The Bertz CT molecular complexity index is 501. The fourth-order valence-corrected chi connectivity index (χ4v) is 3.36. The molecule has 0 bridgehead atoms. The first-order chi connectivity index (χ1) is 11.2. The number of amides is 1. The van der Waals surface area contributed by atoms with Crippen LogP contribution in [-0.2, 0) is 4.79 Å². The molecule has 2 aliphatic rings. The van der Waals surface area contributed by atoms with Crippen LogP contribution in [0.1, 0.15) is 13.3 Å². The molecule has 0 spiro atoms. The van der Waals surface area contributed by atoms with E-state index < -0.39 is 0 Å². The molecule has 3 heterocycles. The first-order valence-corrected chi connectivity index (χ1v) is 8.61. The lowest BCUT2D eigenvalue weighted by Crippen LogP contribution is -2.53. The number of nitrogens with zero attached hydrogens (tertiary/aromatic N) is 3. The molecule has 1 aromatic rings. The number of hydrogen-bond acceptors (Lipinski definition) is 5. The van der Waals surface area contributed by atoms with E-state index in [1.54, 1.807) is 0 Å². The minimum Gasteiger partial charge on any atom is -0.354 e. The van der Waals surface area contributed by atoms with Crippen molar-refractivity contribution in [3.05, 3.63) is 24.4 Å². The van der Waals surface area contributed by atoms with Gasteiger partial charge < -0.3 is 15.5 Å². The molecule has 2 atom stereocenters. The van der Waals surface area contributed by atoms with Crippen molar-refractivity contribution in [3.63, 3.8) is 0 Å². The monoisotopic (exact) mass is 317 g/mol. The zero-order valence-electron chi connectivity index (χ0n) is 13.9. The highest BCUT2D eigenvalue weighted by Crippen LogP contribution is 2.13. The van der Waals surface area contributed by atoms with E-state index in [1.165, 1.54) is 0 Å². The standard InChI is InChI=1S/C17H27N5O/c1-14-12-18-7-5-15(14)20-17(23)13-21-8-10-22(11-9-21)16-4-2-3-6-19-16/h2-4,6,14-15,18H,5,7-13H2,1H3,(H,20,23). The van der Waals surface area contributed by atoms with Crippen molar-refractivity contribution in [2.75, 3.05) is 50.7 Å². The summed E-state index contributed by atoms with van der Waals surface area (Å²) in [7, 11) is 0. The Balaban J connectivity index is 1.42. The third-order valence-corrected chi connectivity index (χ3v) is 4.84. The van der Waals surface area contributed by atoms with Gasteiger partial charge >= 0.3 is 0 Å². The summed E-state index contributed by atoms with van der Waals surface area (Å²) in [6, 6.07) is 6.31. The molecular weight excluding hydrogens is 290 g/mol. The van der Waals surface area contributed by atoms with E-state index in [0.717, 1.165) is 51.5 Å². The van der Waals surface area contributed by atoms with Crippen molar-refractivity contribution in [3.8, 4) is 0 Å². The Labute approximate surface area is 138 Å². The predicted molar refractivity (Wildman–Crippen MR) is 91.5 cm³/mol. The molecule has 2 unspecified atom stereocenters. The number of nitrogens with one attached hydrogen (secondary N) is 2. The number of rotatable bonds is 4. The molecule has 0 saturated carbocycles. The van der Waals surface area contributed by atoms with Gasteiger partial charge in [0.25, 0.3) is 0 Å². The van der Waals surface area contributed by atoms with E-state index in [2.05, 4.69) is 32.3 Å². The minimum atomic E-state index is 0.162. The van der Waals surface area contributed by atoms with Gasteiger partial charge in [-0.1, -0.05) is 13.0 Å². The first kappa shape index (κ1) is 16.2. The van der Waals surface area contributed by atoms with Crippen LogP contribution in [0, 0.1) is 5.92 Å². The molecule has 3 rings (SSSR count). The van der Waals surface area contributed by atoms with E-state index in [9.17, 15) is 4.79 Å². The Morgan fingerprint density at radius 2 is 2.17 bits per heavy atom. The van der Waals surface area contributed by atoms with Crippen LogP contribution in [0.4, 0.5) is 5.82 Å². The lowest BCUT2D eigenvalue weighted by Gasteiger charge is -2.36. The smallest absolute Gasteiger partial charge is 0.234 e. The van der Waals surface area contributed by atoms with Gasteiger partial charge in [-0.25, -0.2) is 4.98 Å².